The molecule has 5 rings (SSSR count). The average Bonchev–Trinajstić information content (AvgIpc) is 3.53. The minimum atomic E-state index is -0.146. The van der Waals surface area contributed by atoms with Crippen LogP contribution in [-0.4, -0.2) is 28.9 Å². The number of aromatic nitrogens is 1. The number of benzene rings is 2. The molecule has 4 N–H and O–H groups in total. The number of ether oxygens (including phenoxy) is 1. The van der Waals surface area contributed by atoms with Gasteiger partial charge in [-0.2, -0.15) is 0 Å². The molecule has 0 saturated heterocycles. The lowest BCUT2D eigenvalue weighted by atomic mass is 9.80. The summed E-state index contributed by atoms with van der Waals surface area (Å²) in [7, 11) is 1.64. The van der Waals surface area contributed by atoms with Crippen molar-refractivity contribution in [2.75, 3.05) is 12.8 Å². The van der Waals surface area contributed by atoms with Crippen molar-refractivity contribution in [3.05, 3.63) is 92.8 Å². The molecule has 1 aliphatic rings. The Kier molecular flexibility index (Phi) is 7.78. The highest BCUT2D eigenvalue weighted by atomic mass is 32.2. The first-order chi connectivity index (χ1) is 18.1. The van der Waals surface area contributed by atoms with Gasteiger partial charge in [0.25, 0.3) is 5.91 Å². The van der Waals surface area contributed by atoms with E-state index in [0.29, 0.717) is 35.1 Å². The van der Waals surface area contributed by atoms with E-state index in [1.54, 1.807) is 25.1 Å². The number of anilines is 1. The zero-order valence-corrected chi connectivity index (χ0v) is 22.6. The lowest BCUT2D eigenvalue weighted by Gasteiger charge is -2.25. The molecule has 0 radical (unpaired) electrons. The minimum absolute atomic E-state index is 0.0822. The maximum atomic E-state index is 13.4. The van der Waals surface area contributed by atoms with Crippen LogP contribution in [0.5, 0.6) is 5.75 Å². The van der Waals surface area contributed by atoms with Crippen molar-refractivity contribution in [3.63, 3.8) is 0 Å². The van der Waals surface area contributed by atoms with E-state index in [2.05, 4.69) is 27.6 Å². The number of methoxy groups -OCH3 is 1. The van der Waals surface area contributed by atoms with Crippen LogP contribution in [0.4, 0.5) is 5.13 Å². The fraction of sp³-hybridized carbons (Fsp3) is 0.222. The number of nitrogens with one attached hydrogen (secondary N) is 1. The summed E-state index contributed by atoms with van der Waals surface area (Å²) in [6.07, 6.45) is 2.95. The van der Waals surface area contributed by atoms with Crippen molar-refractivity contribution in [1.29, 1.82) is 0 Å². The van der Waals surface area contributed by atoms with E-state index in [0.717, 1.165) is 37.3 Å². The van der Waals surface area contributed by atoms with Crippen LogP contribution in [0, 0.1) is 0 Å². The molecule has 1 aliphatic carbocycles. The maximum absolute atomic E-state index is 13.4. The molecule has 0 bridgehead atoms. The molecule has 190 valence electrons. The van der Waals surface area contributed by atoms with Gasteiger partial charge in [0.05, 0.1) is 28.5 Å². The zero-order valence-electron chi connectivity index (χ0n) is 20.1. The summed E-state index contributed by atoms with van der Waals surface area (Å²) in [4.78, 5) is 19.0. The van der Waals surface area contributed by atoms with Crippen LogP contribution in [0.3, 0.4) is 0 Å². The second-order valence-electron chi connectivity index (χ2n) is 8.62. The number of hydrogen-bond acceptors (Lipinski definition) is 9. The van der Waals surface area contributed by atoms with Gasteiger partial charge in [0.2, 0.25) is 0 Å². The number of nitrogen functional groups attached to an aromatic ring is 1. The molecule has 1 atom stereocenters. The molecule has 0 aliphatic heterocycles. The molecule has 2 aromatic heterocycles. The number of thioether (sulfide) groups is 1. The van der Waals surface area contributed by atoms with Crippen LogP contribution >= 0.6 is 34.4 Å². The predicted octanol–water partition coefficient (Wildman–Crippen LogP) is 5.93. The van der Waals surface area contributed by atoms with E-state index >= 15 is 0 Å². The van der Waals surface area contributed by atoms with Crippen LogP contribution < -0.4 is 15.8 Å². The summed E-state index contributed by atoms with van der Waals surface area (Å²) in [5.74, 6) is 1.48. The molecule has 1 unspecified atom stereocenters. The number of fused-ring (bicyclic) bond motifs is 1. The second kappa shape index (κ2) is 11.4. The van der Waals surface area contributed by atoms with Crippen LogP contribution in [0.1, 0.15) is 49.1 Å². The van der Waals surface area contributed by atoms with Gasteiger partial charge in [-0.25, -0.2) is 4.98 Å². The molecular formula is C27H26N4O3S3. The molecule has 7 nitrogen and oxygen atoms in total. The van der Waals surface area contributed by atoms with Gasteiger partial charge in [-0.3, -0.25) is 4.79 Å². The molecule has 10 heteroatoms. The van der Waals surface area contributed by atoms with Crippen LogP contribution in [-0.2, 0) is 18.7 Å². The lowest BCUT2D eigenvalue weighted by Crippen LogP contribution is -2.25. The first-order valence-electron chi connectivity index (χ1n) is 11.7. The standard InChI is InChI=1S/C27H26N4O3S3/c1-34-19-9-7-17(8-10-19)18-11-21-23(22(12-18)31-33)26(35-15-16-5-3-2-4-6-16)37-24(21)25(32)29-13-20-14-30-27(28)36-20/h2-10,14,18,33H,11-13,15H2,1H3,(H2,28,30)(H,29,32)/b31-22+. The third kappa shape index (κ3) is 5.66. The van der Waals surface area contributed by atoms with Crippen molar-refractivity contribution in [2.24, 2.45) is 5.16 Å². The number of amides is 1. The Morgan fingerprint density at radius 1 is 1.19 bits per heavy atom. The van der Waals surface area contributed by atoms with Crippen LogP contribution in [0.25, 0.3) is 0 Å². The van der Waals surface area contributed by atoms with Gasteiger partial charge in [-0.05, 0) is 41.2 Å². The van der Waals surface area contributed by atoms with Crippen molar-refractivity contribution in [1.82, 2.24) is 10.3 Å². The highest BCUT2D eigenvalue weighted by Gasteiger charge is 2.34. The molecule has 0 saturated carbocycles. The summed E-state index contributed by atoms with van der Waals surface area (Å²) < 4.78 is 6.30. The van der Waals surface area contributed by atoms with E-state index < -0.39 is 0 Å². The Bertz CT molecular complexity index is 1410. The van der Waals surface area contributed by atoms with Crippen molar-refractivity contribution >= 4 is 51.2 Å². The summed E-state index contributed by atoms with van der Waals surface area (Å²) in [6, 6.07) is 18.1. The van der Waals surface area contributed by atoms with Gasteiger partial charge >= 0.3 is 0 Å². The molecular weight excluding hydrogens is 525 g/mol. The number of carbonyl (C=O) groups excluding carboxylic acids is 1. The number of nitrogens with two attached hydrogens (primary N) is 1. The normalized spacial score (nSPS) is 15.9. The second-order valence-corrected chi connectivity index (χ2v) is 12.0. The smallest absolute Gasteiger partial charge is 0.261 e. The molecule has 4 aromatic rings. The summed E-state index contributed by atoms with van der Waals surface area (Å²) in [6.45, 7) is 0.357. The summed E-state index contributed by atoms with van der Waals surface area (Å²) in [5.41, 5.74) is 10.5. The molecule has 2 heterocycles. The fourth-order valence-electron chi connectivity index (χ4n) is 4.45. The van der Waals surface area contributed by atoms with E-state index in [1.165, 1.54) is 28.2 Å². The number of carbonyl (C=O) groups is 1. The zero-order chi connectivity index (χ0) is 25.8. The number of rotatable bonds is 8. The highest BCUT2D eigenvalue weighted by molar-refractivity contribution is 8.00. The monoisotopic (exact) mass is 550 g/mol. The number of hydrogen-bond donors (Lipinski definition) is 3. The van der Waals surface area contributed by atoms with Crippen LogP contribution in [0.2, 0.25) is 0 Å². The molecule has 2 aromatic carbocycles. The number of thiophene rings is 1. The first-order valence-corrected chi connectivity index (χ1v) is 14.3. The Hall–Kier alpha value is -3.34. The van der Waals surface area contributed by atoms with Crippen molar-refractivity contribution in [3.8, 4) is 5.75 Å². The largest absolute Gasteiger partial charge is 0.497 e. The predicted molar refractivity (Wildman–Crippen MR) is 150 cm³/mol. The van der Waals surface area contributed by atoms with Crippen molar-refractivity contribution < 1.29 is 14.7 Å². The van der Waals surface area contributed by atoms with Gasteiger partial charge in [0, 0.05) is 28.8 Å². The van der Waals surface area contributed by atoms with E-state index in [9.17, 15) is 10.0 Å². The van der Waals surface area contributed by atoms with Crippen molar-refractivity contribution in [2.45, 2.75) is 35.3 Å². The number of thiazole rings is 1. The van der Waals surface area contributed by atoms with Gasteiger partial charge in [0.1, 0.15) is 5.75 Å². The van der Waals surface area contributed by atoms with Gasteiger partial charge in [-0.1, -0.05) is 47.6 Å². The highest BCUT2D eigenvalue weighted by Crippen LogP contribution is 2.45. The van der Waals surface area contributed by atoms with Gasteiger partial charge in [0.15, 0.2) is 5.13 Å². The quantitative estimate of drug-likeness (QED) is 0.143. The number of oxime groups is 1. The topological polar surface area (TPSA) is 110 Å². The Labute approximate surface area is 227 Å². The summed E-state index contributed by atoms with van der Waals surface area (Å²) in [5, 5.41) is 17.3. The van der Waals surface area contributed by atoms with Gasteiger partial charge in [-0.15, -0.1) is 34.4 Å². The minimum Gasteiger partial charge on any atom is -0.497 e. The number of nitrogens with zero attached hydrogens (tertiary/aromatic N) is 2. The third-order valence-electron chi connectivity index (χ3n) is 6.28. The molecule has 0 spiro atoms. The molecule has 0 fully saturated rings. The summed E-state index contributed by atoms with van der Waals surface area (Å²) >= 11 is 4.50. The third-order valence-corrected chi connectivity index (χ3v) is 9.67. The van der Waals surface area contributed by atoms with E-state index in [1.807, 2.05) is 42.5 Å². The molecule has 37 heavy (non-hydrogen) atoms. The Balaban J connectivity index is 1.47. The van der Waals surface area contributed by atoms with Gasteiger partial charge < -0.3 is 21.0 Å². The maximum Gasteiger partial charge on any atom is 0.261 e. The molecule has 1 amide bonds. The first kappa shape index (κ1) is 25.3. The Morgan fingerprint density at radius 3 is 2.65 bits per heavy atom. The Morgan fingerprint density at radius 2 is 1.97 bits per heavy atom. The lowest BCUT2D eigenvalue weighted by molar-refractivity contribution is 0.0954. The SMILES string of the molecule is COc1ccc(C2C/C(=N\O)c3c(SCc4ccccc4)sc(C(=O)NCc4cnc(N)s4)c3C2)cc1. The van der Waals surface area contributed by atoms with E-state index in [4.69, 9.17) is 10.5 Å². The fourth-order valence-corrected chi connectivity index (χ4v) is 7.61. The van der Waals surface area contributed by atoms with Crippen LogP contribution in [0.15, 0.2) is 70.2 Å². The average molecular weight is 551 g/mol. The van der Waals surface area contributed by atoms with E-state index in [-0.39, 0.29) is 11.8 Å².